The highest BCUT2D eigenvalue weighted by molar-refractivity contribution is 5.89. The first-order valence-corrected chi connectivity index (χ1v) is 7.25. The van der Waals surface area contributed by atoms with Crippen molar-refractivity contribution < 1.29 is 4.79 Å². The Balaban J connectivity index is 1.70. The van der Waals surface area contributed by atoms with Crippen molar-refractivity contribution in [2.45, 2.75) is 32.4 Å². The molecule has 21 heavy (non-hydrogen) atoms. The molecule has 1 aliphatic rings. The van der Waals surface area contributed by atoms with Crippen molar-refractivity contribution in [3.63, 3.8) is 0 Å². The van der Waals surface area contributed by atoms with E-state index in [1.165, 1.54) is 0 Å². The fourth-order valence-electron chi connectivity index (χ4n) is 2.36. The van der Waals surface area contributed by atoms with Gasteiger partial charge in [0.25, 0.3) is 0 Å². The van der Waals surface area contributed by atoms with Gasteiger partial charge in [-0.15, -0.1) is 0 Å². The summed E-state index contributed by atoms with van der Waals surface area (Å²) in [7, 11) is 0. The molecule has 108 valence electrons. The maximum atomic E-state index is 12.5. The number of pyridine rings is 1. The zero-order chi connectivity index (χ0) is 14.7. The molecular weight excluding hydrogens is 262 g/mol. The molecule has 3 rings (SSSR count). The summed E-state index contributed by atoms with van der Waals surface area (Å²) in [4.78, 5) is 18.4. The van der Waals surface area contributed by atoms with Gasteiger partial charge in [0.1, 0.15) is 0 Å². The van der Waals surface area contributed by atoms with Crippen LogP contribution >= 0.6 is 0 Å². The van der Waals surface area contributed by atoms with Crippen LogP contribution in [-0.2, 0) is 6.54 Å². The number of benzene rings is 1. The second-order valence-corrected chi connectivity index (χ2v) is 5.51. The van der Waals surface area contributed by atoms with Crippen LogP contribution < -0.4 is 5.32 Å². The lowest BCUT2D eigenvalue weighted by atomic mass is 10.2. The van der Waals surface area contributed by atoms with Crippen LogP contribution in [0.3, 0.4) is 0 Å². The van der Waals surface area contributed by atoms with Crippen LogP contribution in [0.25, 0.3) is 0 Å². The van der Waals surface area contributed by atoms with Crippen molar-refractivity contribution in [1.29, 1.82) is 0 Å². The zero-order valence-corrected chi connectivity index (χ0v) is 12.1. The number of amides is 2. The molecule has 0 unspecified atom stereocenters. The Hall–Kier alpha value is -2.36. The van der Waals surface area contributed by atoms with E-state index in [2.05, 4.69) is 10.3 Å². The lowest BCUT2D eigenvalue weighted by molar-refractivity contribution is 0.206. The Kier molecular flexibility index (Phi) is 3.86. The summed E-state index contributed by atoms with van der Waals surface area (Å²) in [5, 5.41) is 3.00. The van der Waals surface area contributed by atoms with Gasteiger partial charge in [-0.25, -0.2) is 4.79 Å². The largest absolute Gasteiger partial charge is 0.322 e. The van der Waals surface area contributed by atoms with Crippen molar-refractivity contribution in [1.82, 2.24) is 9.88 Å². The molecule has 1 heterocycles. The summed E-state index contributed by atoms with van der Waals surface area (Å²) in [5.74, 6) is 0. The standard InChI is InChI=1S/C17H19N3O/c1-13-3-2-4-15(11-13)19-17(21)20(16-5-6-16)12-14-7-9-18-10-8-14/h2-4,7-11,16H,5-6,12H2,1H3,(H,19,21). The highest BCUT2D eigenvalue weighted by atomic mass is 16.2. The summed E-state index contributed by atoms with van der Waals surface area (Å²) in [6, 6.07) is 12.1. The minimum absolute atomic E-state index is 0.0279. The molecule has 4 nitrogen and oxygen atoms in total. The molecule has 4 heteroatoms. The van der Waals surface area contributed by atoms with Gasteiger partial charge in [-0.1, -0.05) is 12.1 Å². The number of nitrogens with zero attached hydrogens (tertiary/aromatic N) is 2. The first kappa shape index (κ1) is 13.6. The van der Waals surface area contributed by atoms with Gasteiger partial charge < -0.3 is 10.2 Å². The minimum atomic E-state index is -0.0279. The van der Waals surface area contributed by atoms with E-state index in [0.29, 0.717) is 12.6 Å². The van der Waals surface area contributed by atoms with Crippen molar-refractivity contribution in [3.8, 4) is 0 Å². The predicted octanol–water partition coefficient (Wildman–Crippen LogP) is 3.59. The monoisotopic (exact) mass is 281 g/mol. The van der Waals surface area contributed by atoms with E-state index in [1.807, 2.05) is 48.2 Å². The molecule has 2 aromatic rings. The van der Waals surface area contributed by atoms with E-state index >= 15 is 0 Å². The topological polar surface area (TPSA) is 45.2 Å². The smallest absolute Gasteiger partial charge is 0.317 e. The molecule has 1 N–H and O–H groups in total. The lowest BCUT2D eigenvalue weighted by Gasteiger charge is -2.23. The molecule has 1 fully saturated rings. The van der Waals surface area contributed by atoms with E-state index < -0.39 is 0 Å². The number of nitrogens with one attached hydrogen (secondary N) is 1. The van der Waals surface area contributed by atoms with Crippen LogP contribution in [-0.4, -0.2) is 22.0 Å². The van der Waals surface area contributed by atoms with Crippen LogP contribution in [0.5, 0.6) is 0 Å². The van der Waals surface area contributed by atoms with Crippen molar-refractivity contribution in [2.75, 3.05) is 5.32 Å². The van der Waals surface area contributed by atoms with Gasteiger partial charge in [0.2, 0.25) is 0 Å². The predicted molar refractivity (Wildman–Crippen MR) is 83.0 cm³/mol. The molecule has 1 aliphatic carbocycles. The number of hydrogen-bond donors (Lipinski definition) is 1. The van der Waals surface area contributed by atoms with E-state index in [0.717, 1.165) is 29.7 Å². The van der Waals surface area contributed by atoms with Gasteiger partial charge >= 0.3 is 6.03 Å². The third-order valence-corrected chi connectivity index (χ3v) is 3.62. The molecule has 1 saturated carbocycles. The second kappa shape index (κ2) is 5.95. The minimum Gasteiger partial charge on any atom is -0.317 e. The van der Waals surface area contributed by atoms with E-state index in [1.54, 1.807) is 12.4 Å². The number of rotatable bonds is 4. The van der Waals surface area contributed by atoms with Crippen molar-refractivity contribution in [3.05, 3.63) is 59.9 Å². The Bertz CT molecular complexity index is 623. The van der Waals surface area contributed by atoms with Crippen LogP contribution in [0.15, 0.2) is 48.8 Å². The molecule has 1 aromatic carbocycles. The number of carbonyl (C=O) groups is 1. The Morgan fingerprint density at radius 1 is 1.29 bits per heavy atom. The van der Waals surface area contributed by atoms with Gasteiger partial charge in [0.15, 0.2) is 0 Å². The van der Waals surface area contributed by atoms with Gasteiger partial charge in [0, 0.05) is 30.7 Å². The molecule has 0 radical (unpaired) electrons. The zero-order valence-electron chi connectivity index (χ0n) is 12.1. The first-order valence-electron chi connectivity index (χ1n) is 7.25. The van der Waals surface area contributed by atoms with E-state index in [4.69, 9.17) is 0 Å². The Labute approximate surface area is 124 Å². The van der Waals surface area contributed by atoms with Crippen LogP contribution in [0.2, 0.25) is 0 Å². The fourth-order valence-corrected chi connectivity index (χ4v) is 2.36. The summed E-state index contributed by atoms with van der Waals surface area (Å²) in [6.45, 7) is 2.65. The summed E-state index contributed by atoms with van der Waals surface area (Å²) >= 11 is 0. The lowest BCUT2D eigenvalue weighted by Crippen LogP contribution is -2.36. The number of anilines is 1. The van der Waals surface area contributed by atoms with Crippen LogP contribution in [0.4, 0.5) is 10.5 Å². The number of aromatic nitrogens is 1. The quantitative estimate of drug-likeness (QED) is 0.931. The van der Waals surface area contributed by atoms with E-state index in [9.17, 15) is 4.79 Å². The molecule has 1 aromatic heterocycles. The normalized spacial score (nSPS) is 13.8. The highest BCUT2D eigenvalue weighted by Crippen LogP contribution is 2.29. The molecule has 2 amide bonds. The fraction of sp³-hybridized carbons (Fsp3) is 0.294. The Morgan fingerprint density at radius 3 is 2.71 bits per heavy atom. The van der Waals surface area contributed by atoms with Gasteiger partial charge in [-0.05, 0) is 55.2 Å². The molecule has 0 aliphatic heterocycles. The van der Waals surface area contributed by atoms with Crippen LogP contribution in [0, 0.1) is 6.92 Å². The third-order valence-electron chi connectivity index (χ3n) is 3.62. The first-order chi connectivity index (χ1) is 10.2. The molecular formula is C17H19N3O. The van der Waals surface area contributed by atoms with Crippen LogP contribution in [0.1, 0.15) is 24.0 Å². The number of hydrogen-bond acceptors (Lipinski definition) is 2. The number of aryl methyl sites for hydroxylation is 1. The molecule has 0 atom stereocenters. The maximum Gasteiger partial charge on any atom is 0.322 e. The molecule has 0 bridgehead atoms. The second-order valence-electron chi connectivity index (χ2n) is 5.51. The van der Waals surface area contributed by atoms with Gasteiger partial charge in [0.05, 0.1) is 0 Å². The summed E-state index contributed by atoms with van der Waals surface area (Å²) < 4.78 is 0. The Morgan fingerprint density at radius 2 is 2.05 bits per heavy atom. The molecule has 0 spiro atoms. The maximum absolute atomic E-state index is 12.5. The van der Waals surface area contributed by atoms with Crippen molar-refractivity contribution >= 4 is 11.7 Å². The number of urea groups is 1. The third kappa shape index (κ3) is 3.60. The van der Waals surface area contributed by atoms with Crippen molar-refractivity contribution in [2.24, 2.45) is 0 Å². The SMILES string of the molecule is Cc1cccc(NC(=O)N(Cc2ccncc2)C2CC2)c1. The number of carbonyl (C=O) groups excluding carboxylic acids is 1. The van der Waals surface area contributed by atoms with Gasteiger partial charge in [-0.2, -0.15) is 0 Å². The average Bonchev–Trinajstić information content (AvgIpc) is 3.30. The highest BCUT2D eigenvalue weighted by Gasteiger charge is 2.32. The van der Waals surface area contributed by atoms with E-state index in [-0.39, 0.29) is 6.03 Å². The summed E-state index contributed by atoms with van der Waals surface area (Å²) in [6.07, 6.45) is 5.70. The summed E-state index contributed by atoms with van der Waals surface area (Å²) in [5.41, 5.74) is 3.09. The average molecular weight is 281 g/mol. The van der Waals surface area contributed by atoms with Gasteiger partial charge in [-0.3, -0.25) is 4.98 Å². The molecule has 0 saturated heterocycles.